The number of carbonyl (C=O) groups is 2. The van der Waals surface area contributed by atoms with E-state index in [0.717, 1.165) is 38.5 Å². The zero-order valence-corrected chi connectivity index (χ0v) is 22.9. The molecule has 0 atom stereocenters. The van der Waals surface area contributed by atoms with Gasteiger partial charge in [-0.25, -0.2) is 0 Å². The molecule has 0 unspecified atom stereocenters. The third-order valence-electron chi connectivity index (χ3n) is 7.71. The molecule has 0 heterocycles. The Hall–Kier alpha value is -1.58. The summed E-state index contributed by atoms with van der Waals surface area (Å²) in [6, 6.07) is 0.152. The summed E-state index contributed by atoms with van der Waals surface area (Å²) < 4.78 is 0. The second-order valence-electron chi connectivity index (χ2n) is 11.5. The zero-order chi connectivity index (χ0) is 25.5. The third-order valence-corrected chi connectivity index (χ3v) is 7.71. The highest BCUT2D eigenvalue weighted by atomic mass is 16.2. The lowest BCUT2D eigenvalue weighted by molar-refractivity contribution is -0.142. The monoisotopic (exact) mass is 474 g/mol. The van der Waals surface area contributed by atoms with Gasteiger partial charge in [0.05, 0.1) is 0 Å². The first-order chi connectivity index (χ1) is 16.2. The Labute approximate surface area is 210 Å². The van der Waals surface area contributed by atoms with E-state index in [4.69, 9.17) is 0 Å². The number of rotatable bonds is 20. The largest absolute Gasteiger partial charge is 0.352 e. The smallest absolute Gasteiger partial charge is 0.220 e. The number of nitrogens with one attached hydrogen (secondary N) is 2. The van der Waals surface area contributed by atoms with E-state index in [1.165, 1.54) is 51.4 Å². The average Bonchev–Trinajstić information content (AvgIpc) is 2.79. The van der Waals surface area contributed by atoms with Gasteiger partial charge in [0.15, 0.2) is 0 Å². The number of allylic oxidation sites excluding steroid dienone is 2. The van der Waals surface area contributed by atoms with Crippen molar-refractivity contribution >= 4 is 11.8 Å². The van der Waals surface area contributed by atoms with Gasteiger partial charge in [0, 0.05) is 35.8 Å². The van der Waals surface area contributed by atoms with E-state index < -0.39 is 0 Å². The van der Waals surface area contributed by atoms with E-state index >= 15 is 0 Å². The molecule has 0 aliphatic heterocycles. The SMILES string of the molecule is C=CCCCCCCCCC(=O)NC1C(C)(C)C(NC(=O)CCCCCCCCC=C)C1(C)C. The molecule has 1 saturated carbocycles. The molecule has 1 rings (SSSR count). The Kier molecular flexibility index (Phi) is 14.5. The topological polar surface area (TPSA) is 58.2 Å². The van der Waals surface area contributed by atoms with Crippen LogP contribution in [-0.4, -0.2) is 23.9 Å². The molecular formula is C30H54N2O2. The van der Waals surface area contributed by atoms with E-state index in [1.807, 2.05) is 12.2 Å². The predicted octanol–water partition coefficient (Wildman–Crippen LogP) is 7.64. The van der Waals surface area contributed by atoms with Crippen molar-refractivity contribution in [1.29, 1.82) is 0 Å². The maximum absolute atomic E-state index is 12.6. The van der Waals surface area contributed by atoms with Crippen molar-refractivity contribution in [2.45, 2.75) is 143 Å². The molecule has 0 saturated heterocycles. The highest BCUT2D eigenvalue weighted by molar-refractivity contribution is 5.78. The molecular weight excluding hydrogens is 420 g/mol. The first kappa shape index (κ1) is 30.5. The van der Waals surface area contributed by atoms with E-state index in [0.29, 0.717) is 12.8 Å². The molecule has 0 aromatic rings. The molecule has 0 radical (unpaired) electrons. The number of hydrogen-bond acceptors (Lipinski definition) is 2. The van der Waals surface area contributed by atoms with Crippen molar-refractivity contribution in [2.75, 3.05) is 0 Å². The number of unbranched alkanes of at least 4 members (excludes halogenated alkanes) is 12. The van der Waals surface area contributed by atoms with Crippen LogP contribution in [0.5, 0.6) is 0 Å². The van der Waals surface area contributed by atoms with Gasteiger partial charge in [0.25, 0.3) is 0 Å². The van der Waals surface area contributed by atoms with Gasteiger partial charge in [-0.2, -0.15) is 0 Å². The van der Waals surface area contributed by atoms with Crippen LogP contribution in [0.4, 0.5) is 0 Å². The normalized spacial score (nSPS) is 20.2. The lowest BCUT2D eigenvalue weighted by Crippen LogP contribution is -2.77. The first-order valence-corrected chi connectivity index (χ1v) is 14.0. The van der Waals surface area contributed by atoms with E-state index in [-0.39, 0.29) is 34.7 Å². The molecule has 1 aliphatic rings. The minimum Gasteiger partial charge on any atom is -0.352 e. The second kappa shape index (κ2) is 16.2. The molecule has 2 N–H and O–H groups in total. The summed E-state index contributed by atoms with van der Waals surface area (Å²) in [5.41, 5.74) is -0.295. The van der Waals surface area contributed by atoms with Gasteiger partial charge in [-0.1, -0.05) is 91.2 Å². The van der Waals surface area contributed by atoms with E-state index in [1.54, 1.807) is 0 Å². The summed E-state index contributed by atoms with van der Waals surface area (Å²) in [4.78, 5) is 25.2. The van der Waals surface area contributed by atoms with Crippen LogP contribution in [-0.2, 0) is 9.59 Å². The quantitative estimate of drug-likeness (QED) is 0.141. The fraction of sp³-hybridized carbons (Fsp3) is 0.800. The highest BCUT2D eigenvalue weighted by Gasteiger charge is 2.62. The molecule has 2 amide bonds. The lowest BCUT2D eigenvalue weighted by Gasteiger charge is -2.64. The zero-order valence-electron chi connectivity index (χ0n) is 22.9. The van der Waals surface area contributed by atoms with Crippen molar-refractivity contribution in [3.8, 4) is 0 Å². The summed E-state index contributed by atoms with van der Waals surface area (Å²) in [6.45, 7) is 16.2. The number of hydrogen-bond donors (Lipinski definition) is 2. The maximum atomic E-state index is 12.6. The minimum atomic E-state index is -0.148. The van der Waals surface area contributed by atoms with Gasteiger partial charge < -0.3 is 10.6 Å². The average molecular weight is 475 g/mol. The van der Waals surface area contributed by atoms with E-state index in [2.05, 4.69) is 51.5 Å². The van der Waals surface area contributed by atoms with Gasteiger partial charge in [-0.05, 0) is 38.5 Å². The van der Waals surface area contributed by atoms with Gasteiger partial charge in [-0.15, -0.1) is 13.2 Å². The molecule has 1 aliphatic carbocycles. The molecule has 1 fully saturated rings. The predicted molar refractivity (Wildman–Crippen MR) is 146 cm³/mol. The van der Waals surface area contributed by atoms with Crippen molar-refractivity contribution in [1.82, 2.24) is 10.6 Å². The minimum absolute atomic E-state index is 0.0762. The van der Waals surface area contributed by atoms with Crippen LogP contribution in [0.2, 0.25) is 0 Å². The molecule has 0 aromatic carbocycles. The lowest BCUT2D eigenvalue weighted by atomic mass is 9.48. The third kappa shape index (κ3) is 10.4. The van der Waals surface area contributed by atoms with Crippen LogP contribution in [0.25, 0.3) is 0 Å². The fourth-order valence-corrected chi connectivity index (χ4v) is 5.93. The standard InChI is InChI=1S/C30H54N2O2/c1-7-9-11-13-15-17-19-21-23-25(33)31-27-29(3,4)28(30(27,5)6)32-26(34)24-22-20-18-16-14-12-10-8-2/h7-8,27-28H,1-2,9-24H2,3-6H3,(H,31,33)(H,32,34). The first-order valence-electron chi connectivity index (χ1n) is 14.0. The molecule has 0 spiro atoms. The number of carbonyl (C=O) groups excluding carboxylic acids is 2. The molecule has 4 heteroatoms. The van der Waals surface area contributed by atoms with E-state index in [9.17, 15) is 9.59 Å². The Morgan fingerprint density at radius 1 is 0.588 bits per heavy atom. The molecule has 4 nitrogen and oxygen atoms in total. The fourth-order valence-electron chi connectivity index (χ4n) is 5.93. The summed E-state index contributed by atoms with van der Waals surface area (Å²) in [6.07, 6.45) is 21.4. The Balaban J connectivity index is 2.28. The molecule has 34 heavy (non-hydrogen) atoms. The summed E-state index contributed by atoms with van der Waals surface area (Å²) in [5.74, 6) is 0.298. The Bertz CT molecular complexity index is 557. The van der Waals surface area contributed by atoms with Crippen LogP contribution >= 0.6 is 0 Å². The highest BCUT2D eigenvalue weighted by Crippen LogP contribution is 2.53. The summed E-state index contributed by atoms with van der Waals surface area (Å²) in [7, 11) is 0. The van der Waals surface area contributed by atoms with Gasteiger partial charge in [-0.3, -0.25) is 9.59 Å². The molecule has 0 bridgehead atoms. The van der Waals surface area contributed by atoms with Crippen LogP contribution in [0.1, 0.15) is 130 Å². The summed E-state index contributed by atoms with van der Waals surface area (Å²) >= 11 is 0. The van der Waals surface area contributed by atoms with Crippen molar-refractivity contribution < 1.29 is 9.59 Å². The second-order valence-corrected chi connectivity index (χ2v) is 11.5. The van der Waals surface area contributed by atoms with Crippen LogP contribution in [0, 0.1) is 10.8 Å². The van der Waals surface area contributed by atoms with Crippen molar-refractivity contribution in [3.05, 3.63) is 25.3 Å². The van der Waals surface area contributed by atoms with Gasteiger partial charge in [0.1, 0.15) is 0 Å². The summed E-state index contributed by atoms with van der Waals surface area (Å²) in [5, 5.41) is 6.58. The van der Waals surface area contributed by atoms with Gasteiger partial charge >= 0.3 is 0 Å². The Morgan fingerprint density at radius 3 is 1.21 bits per heavy atom. The van der Waals surface area contributed by atoms with Crippen LogP contribution < -0.4 is 10.6 Å². The Morgan fingerprint density at radius 2 is 0.882 bits per heavy atom. The number of amides is 2. The maximum Gasteiger partial charge on any atom is 0.220 e. The van der Waals surface area contributed by atoms with Gasteiger partial charge in [0.2, 0.25) is 11.8 Å². The van der Waals surface area contributed by atoms with Crippen molar-refractivity contribution in [2.24, 2.45) is 10.8 Å². The molecule has 0 aromatic heterocycles. The van der Waals surface area contributed by atoms with Crippen LogP contribution in [0.3, 0.4) is 0 Å². The van der Waals surface area contributed by atoms with Crippen LogP contribution in [0.15, 0.2) is 25.3 Å². The molecule has 196 valence electrons. The van der Waals surface area contributed by atoms with Crippen molar-refractivity contribution in [3.63, 3.8) is 0 Å².